The van der Waals surface area contributed by atoms with E-state index in [0.29, 0.717) is 17.4 Å². The number of aryl methyl sites for hydroxylation is 1. The van der Waals surface area contributed by atoms with E-state index in [1.165, 1.54) is 11.1 Å². The van der Waals surface area contributed by atoms with Gasteiger partial charge in [-0.2, -0.15) is 0 Å². The molecule has 1 fully saturated rings. The van der Waals surface area contributed by atoms with Crippen LogP contribution in [0.25, 0.3) is 5.70 Å². The van der Waals surface area contributed by atoms with Gasteiger partial charge in [0.25, 0.3) is 5.91 Å². The van der Waals surface area contributed by atoms with Gasteiger partial charge in [-0.05, 0) is 56.5 Å². The van der Waals surface area contributed by atoms with E-state index in [1.54, 1.807) is 23.5 Å². The van der Waals surface area contributed by atoms with Gasteiger partial charge in [-0.15, -0.1) is 16.9 Å². The molecule has 0 bridgehead atoms. The van der Waals surface area contributed by atoms with Gasteiger partial charge >= 0.3 is 0 Å². The Balaban J connectivity index is 1.42. The molecule has 10 heteroatoms. The van der Waals surface area contributed by atoms with Crippen LogP contribution < -0.4 is 21.3 Å². The summed E-state index contributed by atoms with van der Waals surface area (Å²) in [6, 6.07) is 5.38. The topological polar surface area (TPSA) is 117 Å². The molecule has 2 aromatic rings. The minimum atomic E-state index is -0.504. The van der Waals surface area contributed by atoms with Crippen molar-refractivity contribution in [2.45, 2.75) is 60.3 Å². The predicted octanol–water partition coefficient (Wildman–Crippen LogP) is 5.31. The third kappa shape index (κ3) is 7.26. The number of rotatable bonds is 7. The molecule has 1 amide bonds. The van der Waals surface area contributed by atoms with Crippen LogP contribution in [0.3, 0.4) is 0 Å². The van der Waals surface area contributed by atoms with Crippen LogP contribution in [0.1, 0.15) is 79.2 Å². The highest BCUT2D eigenvalue weighted by molar-refractivity contribution is 7.12. The molecule has 4 rings (SSSR count). The Labute approximate surface area is 235 Å². The number of carbonyl (C=O) groups is 1. The maximum atomic E-state index is 12.8. The van der Waals surface area contributed by atoms with E-state index in [9.17, 15) is 9.90 Å². The molecule has 0 radical (unpaired) electrons. The fourth-order valence-corrected chi connectivity index (χ4v) is 5.70. The maximum absolute atomic E-state index is 12.8. The first-order chi connectivity index (χ1) is 18.4. The van der Waals surface area contributed by atoms with E-state index < -0.39 is 11.3 Å². The van der Waals surface area contributed by atoms with E-state index in [-0.39, 0.29) is 11.6 Å². The molecule has 0 saturated carbocycles. The fourth-order valence-electron chi connectivity index (χ4n) is 4.64. The smallest absolute Gasteiger partial charge is 0.256 e. The minimum Gasteiger partial charge on any atom is -0.512 e. The third-order valence-electron chi connectivity index (χ3n) is 6.95. The zero-order valence-corrected chi connectivity index (χ0v) is 24.6. The minimum absolute atomic E-state index is 0.0326. The number of nitrogens with zero attached hydrogens (tertiary/aromatic N) is 3. The molecule has 0 unspecified atom stereocenters. The number of aliphatic hydroxyl groups is 1. The summed E-state index contributed by atoms with van der Waals surface area (Å²) in [5, 5.41) is 23.8. The van der Waals surface area contributed by atoms with Gasteiger partial charge in [0, 0.05) is 41.9 Å². The van der Waals surface area contributed by atoms with E-state index in [0.717, 1.165) is 54.3 Å². The van der Waals surface area contributed by atoms with Crippen LogP contribution in [0.15, 0.2) is 42.4 Å². The molecule has 1 aromatic carbocycles. The van der Waals surface area contributed by atoms with Gasteiger partial charge in [-0.3, -0.25) is 15.2 Å². The number of amides is 1. The van der Waals surface area contributed by atoms with Crippen molar-refractivity contribution >= 4 is 34.5 Å². The van der Waals surface area contributed by atoms with Gasteiger partial charge in [0.15, 0.2) is 0 Å². The van der Waals surface area contributed by atoms with Crippen molar-refractivity contribution in [3.63, 3.8) is 0 Å². The molecule has 1 aromatic heterocycles. The van der Waals surface area contributed by atoms with Gasteiger partial charge < -0.3 is 20.7 Å². The quantitative estimate of drug-likeness (QED) is 0.180. The first-order valence-corrected chi connectivity index (χ1v) is 14.3. The molecule has 1 saturated heterocycles. The number of aliphatic hydroxyl groups excluding tert-OH is 1. The molecule has 0 spiro atoms. The number of hydrogen-bond donors (Lipinski definition) is 5. The summed E-state index contributed by atoms with van der Waals surface area (Å²) in [5.74, 6) is 0.659. The van der Waals surface area contributed by atoms with Gasteiger partial charge in [0.2, 0.25) is 0 Å². The Morgan fingerprint density at radius 1 is 1.31 bits per heavy atom. The summed E-state index contributed by atoms with van der Waals surface area (Å²) in [6.07, 6.45) is 7.47. The molecule has 0 atom stereocenters. The molecule has 39 heavy (non-hydrogen) atoms. The number of likely N-dealkylation sites (tertiary alicyclic amines) is 1. The van der Waals surface area contributed by atoms with Crippen LogP contribution in [0, 0.1) is 23.7 Å². The highest BCUT2D eigenvalue weighted by Gasteiger charge is 2.25. The average molecular weight is 552 g/mol. The Kier molecular flexibility index (Phi) is 8.78. The second-order valence-corrected chi connectivity index (χ2v) is 12.9. The molecular formula is C29H41N7O2S. The van der Waals surface area contributed by atoms with E-state index in [4.69, 9.17) is 10.4 Å². The van der Waals surface area contributed by atoms with Crippen molar-refractivity contribution in [3.05, 3.63) is 63.4 Å². The Morgan fingerprint density at radius 3 is 2.69 bits per heavy atom. The SMILES string of the molecule is Cc1ccc(C(=O)NC(=N)/C=C(\O)C(C)(C)C)cc1N1C=C(c2cnc(C3CCN(CC(C)C)CC3)s2)NN1. The summed E-state index contributed by atoms with van der Waals surface area (Å²) in [5.41, 5.74) is 9.04. The third-order valence-corrected chi connectivity index (χ3v) is 8.14. The Bertz CT molecular complexity index is 1270. The van der Waals surface area contributed by atoms with Crippen LogP contribution in [-0.4, -0.2) is 46.4 Å². The summed E-state index contributed by atoms with van der Waals surface area (Å²) in [4.78, 5) is 21.2. The first-order valence-electron chi connectivity index (χ1n) is 13.5. The molecule has 0 aliphatic carbocycles. The number of hydrazine groups is 2. The van der Waals surface area contributed by atoms with Crippen LogP contribution >= 0.6 is 11.3 Å². The van der Waals surface area contributed by atoms with E-state index in [1.807, 2.05) is 51.2 Å². The lowest BCUT2D eigenvalue weighted by Gasteiger charge is -2.32. The van der Waals surface area contributed by atoms with Gasteiger partial charge in [-0.1, -0.05) is 40.7 Å². The van der Waals surface area contributed by atoms with Crippen molar-refractivity contribution in [1.29, 1.82) is 5.41 Å². The first kappa shape index (κ1) is 28.8. The lowest BCUT2D eigenvalue weighted by Crippen LogP contribution is -2.36. The number of aromatic nitrogens is 1. The number of benzene rings is 1. The number of carbonyl (C=O) groups excluding carboxylic acids is 1. The number of allylic oxidation sites excluding steroid dienone is 1. The van der Waals surface area contributed by atoms with Gasteiger partial charge in [-0.25, -0.2) is 4.98 Å². The number of amidine groups is 1. The number of thiazole rings is 1. The van der Waals surface area contributed by atoms with E-state index in [2.05, 4.69) is 35.0 Å². The van der Waals surface area contributed by atoms with E-state index >= 15 is 0 Å². The Hall–Kier alpha value is -3.21. The summed E-state index contributed by atoms with van der Waals surface area (Å²) in [6.45, 7) is 15.5. The molecule has 3 heterocycles. The number of nitrogens with one attached hydrogen (secondary N) is 4. The molecule has 5 N–H and O–H groups in total. The highest BCUT2D eigenvalue weighted by atomic mass is 32.1. The predicted molar refractivity (Wildman–Crippen MR) is 159 cm³/mol. The largest absolute Gasteiger partial charge is 0.512 e. The second-order valence-electron chi connectivity index (χ2n) is 11.8. The number of piperidine rings is 1. The second kappa shape index (κ2) is 11.9. The summed E-state index contributed by atoms with van der Waals surface area (Å²) < 4.78 is 0. The number of anilines is 1. The standard InChI is InChI=1S/C29H41N7O2S/c1-18(2)16-35-11-9-20(10-12-35)28-31-15-24(39-28)22-17-36(34-33-22)23-13-21(8-7-19(23)3)27(38)32-26(30)14-25(37)29(4,5)6/h7-8,13-15,17-18,20,33-34,37H,9-12,16H2,1-6H3,(H2,30,32,38)/b25-14-. The normalized spacial score (nSPS) is 17.4. The van der Waals surface area contributed by atoms with Crippen molar-refractivity contribution in [3.8, 4) is 0 Å². The van der Waals surface area contributed by atoms with Crippen molar-refractivity contribution in [2.75, 3.05) is 24.6 Å². The summed E-state index contributed by atoms with van der Waals surface area (Å²) >= 11 is 1.73. The zero-order valence-electron chi connectivity index (χ0n) is 23.8. The van der Waals surface area contributed by atoms with Crippen LogP contribution in [-0.2, 0) is 0 Å². The van der Waals surface area contributed by atoms with Gasteiger partial charge in [0.05, 0.1) is 21.3 Å². The summed E-state index contributed by atoms with van der Waals surface area (Å²) in [7, 11) is 0. The molecule has 2 aliphatic rings. The number of hydrogen-bond acceptors (Lipinski definition) is 9. The maximum Gasteiger partial charge on any atom is 0.256 e. The molecule has 9 nitrogen and oxygen atoms in total. The van der Waals surface area contributed by atoms with Crippen molar-refractivity contribution < 1.29 is 9.90 Å². The van der Waals surface area contributed by atoms with Crippen LogP contribution in [0.4, 0.5) is 5.69 Å². The van der Waals surface area contributed by atoms with Crippen molar-refractivity contribution in [1.82, 2.24) is 26.2 Å². The van der Waals surface area contributed by atoms with Gasteiger partial charge in [0.1, 0.15) is 11.6 Å². The van der Waals surface area contributed by atoms with Crippen LogP contribution in [0.5, 0.6) is 0 Å². The highest BCUT2D eigenvalue weighted by Crippen LogP contribution is 2.34. The van der Waals surface area contributed by atoms with Crippen molar-refractivity contribution in [2.24, 2.45) is 11.3 Å². The van der Waals surface area contributed by atoms with Crippen LogP contribution in [0.2, 0.25) is 0 Å². The fraction of sp³-hybridized carbons (Fsp3) is 0.483. The Morgan fingerprint density at radius 2 is 2.03 bits per heavy atom. The average Bonchev–Trinajstić information content (AvgIpc) is 3.54. The lowest BCUT2D eigenvalue weighted by molar-refractivity contribution is 0.0977. The lowest BCUT2D eigenvalue weighted by atomic mass is 9.93. The molecule has 2 aliphatic heterocycles. The molecular weight excluding hydrogens is 510 g/mol. The molecule has 210 valence electrons. The monoisotopic (exact) mass is 551 g/mol. The zero-order chi connectivity index (χ0) is 28.3.